The Hall–Kier alpha value is -0.160. The van der Waals surface area contributed by atoms with Crippen molar-refractivity contribution in [2.24, 2.45) is 11.7 Å². The summed E-state index contributed by atoms with van der Waals surface area (Å²) in [6, 6.07) is 0.755. The molecule has 0 saturated carbocycles. The van der Waals surface area contributed by atoms with Crippen LogP contribution in [0.3, 0.4) is 0 Å². The Balaban J connectivity index is 1.78. The van der Waals surface area contributed by atoms with Crippen molar-refractivity contribution in [1.82, 2.24) is 9.80 Å². The highest BCUT2D eigenvalue weighted by molar-refractivity contribution is 4.87. The van der Waals surface area contributed by atoms with Crippen LogP contribution in [0.1, 0.15) is 20.3 Å². The molecule has 2 heterocycles. The van der Waals surface area contributed by atoms with Gasteiger partial charge in [0.25, 0.3) is 0 Å². The molecule has 0 amide bonds. The van der Waals surface area contributed by atoms with Crippen molar-refractivity contribution in [2.45, 2.75) is 32.4 Å². The lowest BCUT2D eigenvalue weighted by atomic mass is 10.0. The van der Waals surface area contributed by atoms with E-state index >= 15 is 0 Å². The number of piperazine rings is 1. The van der Waals surface area contributed by atoms with E-state index in [1.165, 1.54) is 19.6 Å². The standard InChI is InChI=1S/C13H27N3O/c1-11(2)9-15-4-6-16(7-5-15)13-10-17-8-3-12(13)14/h11-13H,3-10,14H2,1-2H3. The molecule has 2 N–H and O–H groups in total. The van der Waals surface area contributed by atoms with E-state index in [0.717, 1.165) is 38.6 Å². The van der Waals surface area contributed by atoms with E-state index in [1.807, 2.05) is 0 Å². The fraction of sp³-hybridized carbons (Fsp3) is 1.00. The number of hydrogen-bond donors (Lipinski definition) is 1. The zero-order valence-corrected chi connectivity index (χ0v) is 11.3. The molecule has 0 aliphatic carbocycles. The SMILES string of the molecule is CC(C)CN1CCN(C2COCCC2N)CC1. The van der Waals surface area contributed by atoms with Crippen LogP contribution in [-0.2, 0) is 4.74 Å². The minimum atomic E-state index is 0.306. The number of ether oxygens (including phenoxy) is 1. The maximum atomic E-state index is 6.19. The first kappa shape index (κ1) is 13.3. The van der Waals surface area contributed by atoms with Gasteiger partial charge in [-0.25, -0.2) is 0 Å². The smallest absolute Gasteiger partial charge is 0.0636 e. The van der Waals surface area contributed by atoms with E-state index in [1.54, 1.807) is 0 Å². The topological polar surface area (TPSA) is 41.7 Å². The second-order valence-corrected chi connectivity index (χ2v) is 5.83. The Bertz CT molecular complexity index is 227. The average Bonchev–Trinajstić information content (AvgIpc) is 2.30. The van der Waals surface area contributed by atoms with Crippen molar-refractivity contribution in [3.63, 3.8) is 0 Å². The van der Waals surface area contributed by atoms with Gasteiger partial charge in [0.15, 0.2) is 0 Å². The lowest BCUT2D eigenvalue weighted by molar-refractivity contribution is -0.0133. The van der Waals surface area contributed by atoms with E-state index in [2.05, 4.69) is 23.6 Å². The number of hydrogen-bond acceptors (Lipinski definition) is 4. The maximum Gasteiger partial charge on any atom is 0.0636 e. The van der Waals surface area contributed by atoms with Gasteiger partial charge in [-0.15, -0.1) is 0 Å². The van der Waals surface area contributed by atoms with Crippen LogP contribution in [0.15, 0.2) is 0 Å². The normalized spacial score (nSPS) is 33.2. The minimum absolute atomic E-state index is 0.306. The molecular weight excluding hydrogens is 214 g/mol. The Morgan fingerprint density at radius 3 is 2.53 bits per heavy atom. The van der Waals surface area contributed by atoms with Gasteiger partial charge in [-0.05, 0) is 12.3 Å². The molecule has 2 aliphatic rings. The van der Waals surface area contributed by atoms with Gasteiger partial charge in [0.1, 0.15) is 0 Å². The lowest BCUT2D eigenvalue weighted by Crippen LogP contribution is -2.59. The molecule has 0 spiro atoms. The third-order valence-electron chi connectivity index (χ3n) is 3.88. The summed E-state index contributed by atoms with van der Waals surface area (Å²) in [5, 5.41) is 0. The van der Waals surface area contributed by atoms with E-state index in [0.29, 0.717) is 12.1 Å². The van der Waals surface area contributed by atoms with Gasteiger partial charge in [0, 0.05) is 51.4 Å². The Labute approximate surface area is 105 Å². The van der Waals surface area contributed by atoms with Gasteiger partial charge in [-0.1, -0.05) is 13.8 Å². The van der Waals surface area contributed by atoms with Crippen LogP contribution in [0.4, 0.5) is 0 Å². The van der Waals surface area contributed by atoms with Crippen LogP contribution in [-0.4, -0.2) is 67.8 Å². The summed E-state index contributed by atoms with van der Waals surface area (Å²) in [5.74, 6) is 0.766. The zero-order chi connectivity index (χ0) is 12.3. The zero-order valence-electron chi connectivity index (χ0n) is 11.3. The number of nitrogens with two attached hydrogens (primary N) is 1. The summed E-state index contributed by atoms with van der Waals surface area (Å²) in [6.45, 7) is 12.1. The highest BCUT2D eigenvalue weighted by Gasteiger charge is 2.30. The van der Waals surface area contributed by atoms with Crippen LogP contribution in [0.2, 0.25) is 0 Å². The average molecular weight is 241 g/mol. The van der Waals surface area contributed by atoms with E-state index in [-0.39, 0.29) is 0 Å². The largest absolute Gasteiger partial charge is 0.380 e. The van der Waals surface area contributed by atoms with Crippen LogP contribution in [0.25, 0.3) is 0 Å². The molecule has 100 valence electrons. The third kappa shape index (κ3) is 3.65. The second-order valence-electron chi connectivity index (χ2n) is 5.83. The summed E-state index contributed by atoms with van der Waals surface area (Å²) >= 11 is 0. The van der Waals surface area contributed by atoms with Gasteiger partial charge in [-0.2, -0.15) is 0 Å². The van der Waals surface area contributed by atoms with E-state index < -0.39 is 0 Å². The number of nitrogens with zero attached hydrogens (tertiary/aromatic N) is 2. The predicted molar refractivity (Wildman–Crippen MR) is 70.1 cm³/mol. The summed E-state index contributed by atoms with van der Waals surface area (Å²) in [6.07, 6.45) is 1.01. The van der Waals surface area contributed by atoms with Gasteiger partial charge >= 0.3 is 0 Å². The monoisotopic (exact) mass is 241 g/mol. The minimum Gasteiger partial charge on any atom is -0.380 e. The van der Waals surface area contributed by atoms with E-state index in [4.69, 9.17) is 10.5 Å². The molecule has 2 rings (SSSR count). The molecule has 4 nitrogen and oxygen atoms in total. The van der Waals surface area contributed by atoms with Crippen molar-refractivity contribution in [3.05, 3.63) is 0 Å². The molecule has 2 saturated heterocycles. The van der Waals surface area contributed by atoms with Crippen molar-refractivity contribution in [1.29, 1.82) is 0 Å². The van der Waals surface area contributed by atoms with Crippen LogP contribution in [0, 0.1) is 5.92 Å². The Morgan fingerprint density at radius 2 is 1.94 bits per heavy atom. The summed E-state index contributed by atoms with van der Waals surface area (Å²) in [7, 11) is 0. The highest BCUT2D eigenvalue weighted by Crippen LogP contribution is 2.15. The molecule has 0 aromatic carbocycles. The lowest BCUT2D eigenvalue weighted by Gasteiger charge is -2.43. The van der Waals surface area contributed by atoms with Crippen molar-refractivity contribution >= 4 is 0 Å². The highest BCUT2D eigenvalue weighted by atomic mass is 16.5. The van der Waals surface area contributed by atoms with Crippen molar-refractivity contribution < 1.29 is 4.74 Å². The van der Waals surface area contributed by atoms with Gasteiger partial charge in [0.05, 0.1) is 6.61 Å². The Kier molecular flexibility index (Phi) is 4.79. The van der Waals surface area contributed by atoms with Gasteiger partial charge < -0.3 is 15.4 Å². The van der Waals surface area contributed by atoms with Crippen LogP contribution >= 0.6 is 0 Å². The first-order valence-electron chi connectivity index (χ1n) is 6.96. The summed E-state index contributed by atoms with van der Waals surface area (Å²) in [5.41, 5.74) is 6.19. The molecule has 0 aromatic heterocycles. The van der Waals surface area contributed by atoms with E-state index in [9.17, 15) is 0 Å². The Morgan fingerprint density at radius 1 is 1.24 bits per heavy atom. The molecule has 2 fully saturated rings. The first-order valence-corrected chi connectivity index (χ1v) is 6.96. The van der Waals surface area contributed by atoms with Gasteiger partial charge in [0.2, 0.25) is 0 Å². The molecule has 4 heteroatoms. The second kappa shape index (κ2) is 6.14. The fourth-order valence-corrected chi connectivity index (χ4v) is 2.91. The van der Waals surface area contributed by atoms with Crippen LogP contribution in [0.5, 0.6) is 0 Å². The molecule has 17 heavy (non-hydrogen) atoms. The molecule has 0 bridgehead atoms. The third-order valence-corrected chi connectivity index (χ3v) is 3.88. The molecule has 2 unspecified atom stereocenters. The molecular formula is C13H27N3O. The maximum absolute atomic E-state index is 6.19. The number of rotatable bonds is 3. The van der Waals surface area contributed by atoms with Crippen molar-refractivity contribution in [2.75, 3.05) is 45.9 Å². The molecule has 2 atom stereocenters. The first-order chi connectivity index (χ1) is 8.16. The molecule has 2 aliphatic heterocycles. The van der Waals surface area contributed by atoms with Crippen molar-refractivity contribution in [3.8, 4) is 0 Å². The predicted octanol–water partition coefficient (Wildman–Crippen LogP) is 0.376. The molecule has 0 radical (unpaired) electrons. The fourth-order valence-electron chi connectivity index (χ4n) is 2.91. The molecule has 0 aromatic rings. The van der Waals surface area contributed by atoms with Crippen LogP contribution < -0.4 is 5.73 Å². The quantitative estimate of drug-likeness (QED) is 0.775. The van der Waals surface area contributed by atoms with Gasteiger partial charge in [-0.3, -0.25) is 4.90 Å². The summed E-state index contributed by atoms with van der Waals surface area (Å²) in [4.78, 5) is 5.09. The summed E-state index contributed by atoms with van der Waals surface area (Å²) < 4.78 is 5.56.